The van der Waals surface area contributed by atoms with Crippen LogP contribution >= 0.6 is 11.6 Å². The van der Waals surface area contributed by atoms with E-state index in [9.17, 15) is 4.79 Å². The van der Waals surface area contributed by atoms with Gasteiger partial charge >= 0.3 is 5.97 Å². The van der Waals surface area contributed by atoms with Gasteiger partial charge in [0.05, 0.1) is 6.61 Å². The van der Waals surface area contributed by atoms with Crippen molar-refractivity contribution in [2.24, 2.45) is 5.92 Å². The third kappa shape index (κ3) is 5.89. The third-order valence-electron chi connectivity index (χ3n) is 1.07. The summed E-state index contributed by atoms with van der Waals surface area (Å²) in [5.74, 6) is 0.198. The second kappa shape index (κ2) is 5.54. The molecule has 3 heteroatoms. The van der Waals surface area contributed by atoms with Crippen LogP contribution in [0.2, 0.25) is 0 Å². The van der Waals surface area contributed by atoms with Gasteiger partial charge in [0.15, 0.2) is 0 Å². The molecule has 0 rings (SSSR count). The van der Waals surface area contributed by atoms with Crippen molar-refractivity contribution in [3.63, 3.8) is 0 Å². The van der Waals surface area contributed by atoms with Crippen molar-refractivity contribution < 1.29 is 9.53 Å². The van der Waals surface area contributed by atoms with Crippen molar-refractivity contribution in [1.82, 2.24) is 0 Å². The Morgan fingerprint density at radius 1 is 1.60 bits per heavy atom. The molecule has 0 bridgehead atoms. The highest BCUT2D eigenvalue weighted by atomic mass is 35.5. The van der Waals surface area contributed by atoms with Gasteiger partial charge in [-0.3, -0.25) is 4.79 Å². The molecule has 0 fully saturated rings. The number of halogens is 1. The van der Waals surface area contributed by atoms with E-state index in [1.807, 2.05) is 0 Å². The first-order chi connectivity index (χ1) is 4.66. The molecule has 2 nitrogen and oxygen atoms in total. The molecule has 60 valence electrons. The van der Waals surface area contributed by atoms with Gasteiger partial charge in [0.25, 0.3) is 0 Å². The molecule has 0 N–H and O–H groups in total. The second-order valence-electron chi connectivity index (χ2n) is 2.54. The van der Waals surface area contributed by atoms with Crippen LogP contribution in [0, 0.1) is 5.92 Å². The summed E-state index contributed by atoms with van der Waals surface area (Å²) in [5, 5.41) is 0. The first-order valence-corrected chi connectivity index (χ1v) is 3.92. The van der Waals surface area contributed by atoms with Crippen LogP contribution in [0.4, 0.5) is 0 Å². The van der Waals surface area contributed by atoms with Crippen LogP contribution in [0.3, 0.4) is 0 Å². The van der Waals surface area contributed by atoms with Gasteiger partial charge in [-0.2, -0.15) is 0 Å². The lowest BCUT2D eigenvalue weighted by Crippen LogP contribution is -2.08. The fourth-order valence-corrected chi connectivity index (χ4v) is 0.524. The van der Waals surface area contributed by atoms with E-state index in [1.54, 1.807) is 0 Å². The lowest BCUT2D eigenvalue weighted by molar-refractivity contribution is -0.140. The lowest BCUT2D eigenvalue weighted by Gasteiger charge is -2.03. The van der Waals surface area contributed by atoms with Crippen molar-refractivity contribution in [2.75, 3.05) is 12.5 Å². The predicted octanol–water partition coefficient (Wildman–Crippen LogP) is 1.81. The van der Waals surface area contributed by atoms with Crippen LogP contribution < -0.4 is 0 Å². The van der Waals surface area contributed by atoms with Crippen LogP contribution in [0.25, 0.3) is 0 Å². The molecule has 0 radical (unpaired) electrons. The first kappa shape index (κ1) is 9.76. The molecule has 0 heterocycles. The van der Waals surface area contributed by atoms with E-state index in [4.69, 9.17) is 16.3 Å². The summed E-state index contributed by atoms with van der Waals surface area (Å²) in [6, 6.07) is 0. The highest BCUT2D eigenvalue weighted by Crippen LogP contribution is 1.98. The van der Waals surface area contributed by atoms with E-state index in [-0.39, 0.29) is 11.8 Å². The number of hydrogen-bond donors (Lipinski definition) is 0. The maximum atomic E-state index is 10.4. The SMILES string of the molecule is CC(C)CCOC(=O)CCl. The van der Waals surface area contributed by atoms with Gasteiger partial charge in [0.1, 0.15) is 5.88 Å². The quantitative estimate of drug-likeness (QED) is 0.468. The number of alkyl halides is 1. The van der Waals surface area contributed by atoms with Crippen molar-refractivity contribution >= 4 is 17.6 Å². The van der Waals surface area contributed by atoms with E-state index >= 15 is 0 Å². The Morgan fingerprint density at radius 3 is 2.60 bits per heavy atom. The molecule has 0 unspecified atom stereocenters. The maximum Gasteiger partial charge on any atom is 0.320 e. The Labute approximate surface area is 66.5 Å². The summed E-state index contributed by atoms with van der Waals surface area (Å²) in [4.78, 5) is 10.4. The number of hydrogen-bond acceptors (Lipinski definition) is 2. The van der Waals surface area contributed by atoms with Gasteiger partial charge in [0.2, 0.25) is 0 Å². The summed E-state index contributed by atoms with van der Waals surface area (Å²) in [6.45, 7) is 4.65. The van der Waals surface area contributed by atoms with Gasteiger partial charge in [-0.15, -0.1) is 11.6 Å². The van der Waals surface area contributed by atoms with Gasteiger partial charge in [-0.25, -0.2) is 0 Å². The van der Waals surface area contributed by atoms with Gasteiger partial charge in [-0.05, 0) is 12.3 Å². The summed E-state index contributed by atoms with van der Waals surface area (Å²) < 4.78 is 4.73. The fourth-order valence-electron chi connectivity index (χ4n) is 0.447. The van der Waals surface area contributed by atoms with Crippen molar-refractivity contribution in [3.05, 3.63) is 0 Å². The highest BCUT2D eigenvalue weighted by Gasteiger charge is 1.99. The lowest BCUT2D eigenvalue weighted by atomic mass is 10.1. The van der Waals surface area contributed by atoms with Crippen LogP contribution in [-0.2, 0) is 9.53 Å². The molecule has 0 amide bonds. The number of rotatable bonds is 4. The minimum atomic E-state index is -0.331. The van der Waals surface area contributed by atoms with E-state index in [0.717, 1.165) is 6.42 Å². The topological polar surface area (TPSA) is 26.3 Å². The largest absolute Gasteiger partial charge is 0.465 e. The van der Waals surface area contributed by atoms with Gasteiger partial charge in [-0.1, -0.05) is 13.8 Å². The van der Waals surface area contributed by atoms with Crippen molar-refractivity contribution in [1.29, 1.82) is 0 Å². The van der Waals surface area contributed by atoms with E-state index in [1.165, 1.54) is 0 Å². The zero-order chi connectivity index (χ0) is 7.98. The Morgan fingerprint density at radius 2 is 2.20 bits per heavy atom. The summed E-state index contributed by atoms with van der Waals surface area (Å²) >= 11 is 5.19. The Hall–Kier alpha value is -0.240. The second-order valence-corrected chi connectivity index (χ2v) is 2.80. The first-order valence-electron chi connectivity index (χ1n) is 3.38. The molecule has 0 spiro atoms. The van der Waals surface area contributed by atoms with E-state index in [2.05, 4.69) is 13.8 Å². The summed E-state index contributed by atoms with van der Waals surface area (Å²) in [6.07, 6.45) is 0.905. The predicted molar refractivity (Wildman–Crippen MR) is 41.1 cm³/mol. The van der Waals surface area contributed by atoms with Crippen molar-refractivity contribution in [3.8, 4) is 0 Å². The Kier molecular flexibility index (Phi) is 5.40. The minimum Gasteiger partial charge on any atom is -0.465 e. The molecule has 0 aromatic rings. The van der Waals surface area contributed by atoms with Crippen molar-refractivity contribution in [2.45, 2.75) is 20.3 Å². The summed E-state index contributed by atoms with van der Waals surface area (Å²) in [7, 11) is 0. The number of esters is 1. The number of carbonyl (C=O) groups excluding carboxylic acids is 1. The minimum absolute atomic E-state index is 0.0436. The standard InChI is InChI=1S/C7H13ClO2/c1-6(2)3-4-10-7(9)5-8/h6H,3-5H2,1-2H3. The molecular formula is C7H13ClO2. The van der Waals surface area contributed by atoms with Gasteiger partial charge in [0, 0.05) is 0 Å². The molecule has 0 aromatic carbocycles. The molecule has 0 aromatic heterocycles. The zero-order valence-electron chi connectivity index (χ0n) is 6.39. The maximum absolute atomic E-state index is 10.4. The average Bonchev–Trinajstić information content (AvgIpc) is 1.87. The van der Waals surface area contributed by atoms with Crippen LogP contribution in [0.5, 0.6) is 0 Å². The van der Waals surface area contributed by atoms with Crippen LogP contribution in [0.15, 0.2) is 0 Å². The molecule has 0 saturated carbocycles. The molecule has 10 heavy (non-hydrogen) atoms. The zero-order valence-corrected chi connectivity index (χ0v) is 7.15. The van der Waals surface area contributed by atoms with Crippen LogP contribution in [0.1, 0.15) is 20.3 Å². The van der Waals surface area contributed by atoms with E-state index in [0.29, 0.717) is 12.5 Å². The highest BCUT2D eigenvalue weighted by molar-refractivity contribution is 6.26. The monoisotopic (exact) mass is 164 g/mol. The molecule has 0 aliphatic carbocycles. The Balaban J connectivity index is 3.12. The molecular weight excluding hydrogens is 152 g/mol. The third-order valence-corrected chi connectivity index (χ3v) is 1.29. The molecule has 0 aliphatic rings. The molecule has 0 saturated heterocycles. The fraction of sp³-hybridized carbons (Fsp3) is 0.857. The van der Waals surface area contributed by atoms with Crippen LogP contribution in [-0.4, -0.2) is 18.5 Å². The van der Waals surface area contributed by atoms with E-state index < -0.39 is 0 Å². The molecule has 0 aliphatic heterocycles. The number of ether oxygens (including phenoxy) is 1. The normalized spacial score (nSPS) is 10.0. The number of carbonyl (C=O) groups is 1. The van der Waals surface area contributed by atoms with Gasteiger partial charge < -0.3 is 4.74 Å². The smallest absolute Gasteiger partial charge is 0.320 e. The summed E-state index contributed by atoms with van der Waals surface area (Å²) in [5.41, 5.74) is 0. The Bertz CT molecular complexity index is 102. The average molecular weight is 165 g/mol. The molecule has 0 atom stereocenters.